The molecule has 1 N–H and O–H groups in total. The van der Waals surface area contributed by atoms with E-state index < -0.39 is 5.54 Å². The lowest BCUT2D eigenvalue weighted by molar-refractivity contribution is -0.167. The van der Waals surface area contributed by atoms with Gasteiger partial charge in [-0.2, -0.15) is 0 Å². The highest BCUT2D eigenvalue weighted by atomic mass is 16.5. The molecule has 2 aromatic carbocycles. The number of nitrogens with one attached hydrogen (secondary N) is 1. The maximum absolute atomic E-state index is 14.2. The predicted molar refractivity (Wildman–Crippen MR) is 139 cm³/mol. The first kappa shape index (κ1) is 23.9. The van der Waals surface area contributed by atoms with Crippen LogP contribution in [0.4, 0.5) is 0 Å². The molecule has 4 heterocycles. The van der Waals surface area contributed by atoms with Crippen molar-refractivity contribution in [3.05, 3.63) is 59.3 Å². The minimum Gasteiger partial charge on any atom is -0.493 e. The van der Waals surface area contributed by atoms with Crippen LogP contribution in [0.25, 0.3) is 10.9 Å². The second-order valence-electron chi connectivity index (χ2n) is 10.2. The van der Waals surface area contributed by atoms with Gasteiger partial charge in [0.15, 0.2) is 17.0 Å². The molecule has 0 spiro atoms. The van der Waals surface area contributed by atoms with Crippen LogP contribution < -0.4 is 9.47 Å². The number of methoxy groups -OCH3 is 1. The van der Waals surface area contributed by atoms with E-state index in [1.165, 1.54) is 0 Å². The fourth-order valence-electron chi connectivity index (χ4n) is 6.41. The molecule has 194 valence electrons. The largest absolute Gasteiger partial charge is 0.493 e. The SMILES string of the molecule is CCOc1c(OC)cccc1[C@H]1CN2C(=O)CN(C[C@@H]3CCCO3)C(=O)[C@]2(C)c2[nH]c3ccccc3c21. The van der Waals surface area contributed by atoms with Gasteiger partial charge in [-0.15, -0.1) is 0 Å². The molecule has 6 rings (SSSR count). The van der Waals surface area contributed by atoms with Crippen molar-refractivity contribution in [3.63, 3.8) is 0 Å². The second-order valence-corrected chi connectivity index (χ2v) is 10.2. The van der Waals surface area contributed by atoms with Gasteiger partial charge in [-0.1, -0.05) is 30.3 Å². The molecule has 0 saturated carbocycles. The molecule has 3 aliphatic rings. The van der Waals surface area contributed by atoms with Crippen LogP contribution >= 0.6 is 0 Å². The maximum atomic E-state index is 14.2. The number of aromatic nitrogens is 1. The van der Waals surface area contributed by atoms with Gasteiger partial charge in [-0.3, -0.25) is 9.59 Å². The van der Waals surface area contributed by atoms with Crippen molar-refractivity contribution >= 4 is 22.7 Å². The van der Waals surface area contributed by atoms with E-state index in [4.69, 9.17) is 14.2 Å². The third kappa shape index (κ3) is 3.61. The summed E-state index contributed by atoms with van der Waals surface area (Å²) in [6.07, 6.45) is 1.88. The van der Waals surface area contributed by atoms with Crippen molar-refractivity contribution < 1.29 is 23.8 Å². The molecular formula is C29H33N3O5. The van der Waals surface area contributed by atoms with Crippen LogP contribution in [0.3, 0.4) is 0 Å². The number of fused-ring (bicyclic) bond motifs is 5. The van der Waals surface area contributed by atoms with Gasteiger partial charge < -0.3 is 29.0 Å². The van der Waals surface area contributed by atoms with E-state index in [-0.39, 0.29) is 30.4 Å². The molecule has 2 fully saturated rings. The summed E-state index contributed by atoms with van der Waals surface area (Å²) in [6.45, 7) is 5.90. The molecule has 0 bridgehead atoms. The minimum atomic E-state index is -1.14. The number of piperazine rings is 1. The molecule has 8 heteroatoms. The Morgan fingerprint density at radius 1 is 1.16 bits per heavy atom. The van der Waals surface area contributed by atoms with Gasteiger partial charge in [-0.25, -0.2) is 0 Å². The molecule has 3 atom stereocenters. The van der Waals surface area contributed by atoms with Gasteiger partial charge in [-0.05, 0) is 44.4 Å². The summed E-state index contributed by atoms with van der Waals surface area (Å²) in [7, 11) is 1.63. The Labute approximate surface area is 216 Å². The molecule has 8 nitrogen and oxygen atoms in total. The molecule has 3 aliphatic heterocycles. The summed E-state index contributed by atoms with van der Waals surface area (Å²) in [6, 6.07) is 14.0. The van der Waals surface area contributed by atoms with Crippen LogP contribution in [0, 0.1) is 0 Å². The molecule has 3 aromatic rings. The minimum absolute atomic E-state index is 0.0176. The normalized spacial score (nSPS) is 25.4. The van der Waals surface area contributed by atoms with Gasteiger partial charge in [0.25, 0.3) is 5.91 Å². The number of amides is 2. The van der Waals surface area contributed by atoms with Crippen LogP contribution in [0.15, 0.2) is 42.5 Å². The maximum Gasteiger partial charge on any atom is 0.255 e. The Morgan fingerprint density at radius 3 is 2.76 bits per heavy atom. The summed E-state index contributed by atoms with van der Waals surface area (Å²) in [5, 5.41) is 1.05. The van der Waals surface area contributed by atoms with E-state index in [0.29, 0.717) is 37.8 Å². The number of nitrogens with zero attached hydrogens (tertiary/aromatic N) is 2. The second kappa shape index (κ2) is 9.10. The number of H-pyrrole nitrogens is 1. The number of para-hydroxylation sites is 2. The van der Waals surface area contributed by atoms with Crippen molar-refractivity contribution in [1.82, 2.24) is 14.8 Å². The van der Waals surface area contributed by atoms with Gasteiger partial charge in [0.2, 0.25) is 5.91 Å². The van der Waals surface area contributed by atoms with E-state index in [2.05, 4.69) is 11.1 Å². The van der Waals surface area contributed by atoms with Crippen LogP contribution in [0.5, 0.6) is 11.5 Å². The molecule has 37 heavy (non-hydrogen) atoms. The molecule has 0 aliphatic carbocycles. The molecule has 2 amide bonds. The standard InChI is InChI=1S/C29H33N3O5/c1-4-36-26-19(11-7-13-23(26)35-3)21-16-32-24(33)17-31(15-18-9-8-14-37-18)28(34)29(32,2)27-25(21)20-10-5-6-12-22(20)30-27/h5-7,10-13,18,21,30H,4,8-9,14-17H2,1-3H3/t18-,21+,29-/m0/s1. The Hall–Kier alpha value is -3.52. The number of carbonyl (C=O) groups is 2. The van der Waals surface area contributed by atoms with Crippen LogP contribution in [0.2, 0.25) is 0 Å². The van der Waals surface area contributed by atoms with Gasteiger partial charge in [0.1, 0.15) is 0 Å². The number of aromatic amines is 1. The first-order valence-corrected chi connectivity index (χ1v) is 13.1. The van der Waals surface area contributed by atoms with Crippen molar-refractivity contribution in [2.45, 2.75) is 44.2 Å². The zero-order valence-electron chi connectivity index (χ0n) is 21.6. The number of hydrogen-bond donors (Lipinski definition) is 1. The van der Waals surface area contributed by atoms with Crippen LogP contribution in [0.1, 0.15) is 49.4 Å². The Balaban J connectivity index is 1.53. The van der Waals surface area contributed by atoms with Gasteiger partial charge >= 0.3 is 0 Å². The molecular weight excluding hydrogens is 470 g/mol. The highest BCUT2D eigenvalue weighted by molar-refractivity contribution is 6.01. The highest BCUT2D eigenvalue weighted by Crippen LogP contribution is 2.50. The molecule has 0 radical (unpaired) electrons. The highest BCUT2D eigenvalue weighted by Gasteiger charge is 2.56. The molecule has 1 aromatic heterocycles. The Morgan fingerprint density at radius 2 is 2.00 bits per heavy atom. The summed E-state index contributed by atoms with van der Waals surface area (Å²) >= 11 is 0. The lowest BCUT2D eigenvalue weighted by atomic mass is 9.76. The number of benzene rings is 2. The van der Waals surface area contributed by atoms with E-state index >= 15 is 0 Å². The fraction of sp³-hybridized carbons (Fsp3) is 0.448. The zero-order chi connectivity index (χ0) is 25.7. The third-order valence-corrected chi connectivity index (χ3v) is 8.16. The Bertz CT molecular complexity index is 1360. The monoisotopic (exact) mass is 503 g/mol. The average Bonchev–Trinajstić information content (AvgIpc) is 3.56. The van der Waals surface area contributed by atoms with E-state index in [9.17, 15) is 9.59 Å². The first-order valence-electron chi connectivity index (χ1n) is 13.1. The first-order chi connectivity index (χ1) is 18.0. The number of carbonyl (C=O) groups excluding carboxylic acids is 2. The molecule has 0 unspecified atom stereocenters. The van der Waals surface area contributed by atoms with Crippen molar-refractivity contribution in [2.75, 3.05) is 40.0 Å². The molecule has 2 saturated heterocycles. The summed E-state index contributed by atoms with van der Waals surface area (Å²) in [5.74, 6) is 1.00. The van der Waals surface area contributed by atoms with Crippen molar-refractivity contribution in [1.29, 1.82) is 0 Å². The van der Waals surface area contributed by atoms with Crippen LogP contribution in [-0.2, 0) is 19.9 Å². The van der Waals surface area contributed by atoms with E-state index in [0.717, 1.165) is 40.6 Å². The predicted octanol–water partition coefficient (Wildman–Crippen LogP) is 3.79. The van der Waals surface area contributed by atoms with E-state index in [1.807, 2.05) is 50.2 Å². The zero-order valence-corrected chi connectivity index (χ0v) is 21.6. The summed E-state index contributed by atoms with van der Waals surface area (Å²) in [5.41, 5.74) is 2.55. The lowest BCUT2D eigenvalue weighted by Crippen LogP contribution is -2.68. The van der Waals surface area contributed by atoms with Gasteiger partial charge in [0, 0.05) is 42.1 Å². The van der Waals surface area contributed by atoms with Crippen molar-refractivity contribution in [2.24, 2.45) is 0 Å². The lowest BCUT2D eigenvalue weighted by Gasteiger charge is -2.51. The number of hydrogen-bond acceptors (Lipinski definition) is 5. The summed E-state index contributed by atoms with van der Waals surface area (Å²) in [4.78, 5) is 34.9. The van der Waals surface area contributed by atoms with E-state index in [1.54, 1.807) is 16.9 Å². The third-order valence-electron chi connectivity index (χ3n) is 8.16. The Kier molecular flexibility index (Phi) is 5.87. The quantitative estimate of drug-likeness (QED) is 0.554. The number of rotatable bonds is 6. The van der Waals surface area contributed by atoms with Crippen LogP contribution in [-0.4, -0.2) is 72.7 Å². The van der Waals surface area contributed by atoms with Crippen molar-refractivity contribution in [3.8, 4) is 11.5 Å². The average molecular weight is 504 g/mol. The smallest absolute Gasteiger partial charge is 0.255 e. The number of ether oxygens (including phenoxy) is 3. The van der Waals surface area contributed by atoms with Gasteiger partial charge in [0.05, 0.1) is 32.1 Å². The summed E-state index contributed by atoms with van der Waals surface area (Å²) < 4.78 is 17.5. The fourth-order valence-corrected chi connectivity index (χ4v) is 6.41. The topological polar surface area (TPSA) is 84.1 Å².